The maximum absolute atomic E-state index is 15.1. The topological polar surface area (TPSA) is 120 Å². The molecule has 1 aliphatic rings. The van der Waals surface area contributed by atoms with Gasteiger partial charge in [0.1, 0.15) is 0 Å². The Kier molecular flexibility index (Phi) is 20.4. The first-order valence-electron chi connectivity index (χ1n) is 43.5. The molecule has 0 saturated heterocycles. The predicted molar refractivity (Wildman–Crippen MR) is 533 cm³/mol. The number of rotatable bonds is 16. The van der Waals surface area contributed by atoms with E-state index in [-0.39, 0.29) is 5.41 Å². The molecule has 0 amide bonds. The van der Waals surface area contributed by atoms with Gasteiger partial charge in [-0.25, -0.2) is 39.9 Å². The van der Waals surface area contributed by atoms with Gasteiger partial charge in [0.15, 0.2) is 42.1 Å². The molecule has 4 heterocycles. The molecule has 0 radical (unpaired) electrons. The summed E-state index contributed by atoms with van der Waals surface area (Å²) in [5.41, 5.74) is 28.2. The Morgan fingerprint density at radius 3 is 0.822 bits per heavy atom. The van der Waals surface area contributed by atoms with E-state index in [0.29, 0.717) is 34.9 Å². The molecule has 0 spiro atoms. The zero-order valence-electron chi connectivity index (χ0n) is 70.7. The average molecular weight is 1670 g/mol. The van der Waals surface area contributed by atoms with Gasteiger partial charge in [-0.1, -0.05) is 438 Å². The van der Waals surface area contributed by atoms with Crippen LogP contribution >= 0.6 is 7.14 Å². The van der Waals surface area contributed by atoms with Crippen LogP contribution in [-0.2, 0) is 9.98 Å². The lowest BCUT2D eigenvalue weighted by Gasteiger charge is -2.22. The lowest BCUT2D eigenvalue weighted by Crippen LogP contribution is -2.24. The fraction of sp³-hybridized carbons (Fsp3) is 0.0252. The summed E-state index contributed by atoms with van der Waals surface area (Å²) in [5, 5.41) is 9.15. The normalized spacial score (nSPS) is 12.0. The van der Waals surface area contributed by atoms with Crippen molar-refractivity contribution in [1.82, 2.24) is 39.9 Å². The van der Waals surface area contributed by atoms with Gasteiger partial charge in [0.2, 0.25) is 0 Å². The SMILES string of the molecule is CC1(C)c2ccccc2-c2ccc(-c3ccc(-c4nc(-c5ccccc5)nc(-c5ccc(-c6ccc7nc(-c8ccccc8)c8cccc(-c9ccccc9)c8c7c6)cc5)n4)cc3)cc21.O=P(c1ccccc1)(c1ccccc1)c1ccc(-c2nc(-c3ccccc3)nc(-c3ccc(-c4ccc5nc(-c6ccccc6)c6cccc(-c7ccccc7)c6c5c4)cc3)n2)cc1. The second-order valence-corrected chi connectivity index (χ2v) is 35.9. The van der Waals surface area contributed by atoms with Crippen molar-refractivity contribution in [3.63, 3.8) is 0 Å². The maximum Gasteiger partial charge on any atom is 0.171 e. The fourth-order valence-corrected chi connectivity index (χ4v) is 21.0. The van der Waals surface area contributed by atoms with Gasteiger partial charge < -0.3 is 4.57 Å². The Hall–Kier alpha value is -16.5. The number of aromatic nitrogens is 8. The molecule has 10 heteroatoms. The van der Waals surface area contributed by atoms with E-state index in [0.717, 1.165) is 138 Å². The first kappa shape index (κ1) is 78.5. The van der Waals surface area contributed by atoms with E-state index in [1.54, 1.807) is 0 Å². The van der Waals surface area contributed by atoms with Crippen molar-refractivity contribution in [3.8, 4) is 158 Å². The van der Waals surface area contributed by atoms with Crippen LogP contribution in [0.3, 0.4) is 0 Å². The highest BCUT2D eigenvalue weighted by atomic mass is 31.2. The van der Waals surface area contributed by atoms with E-state index < -0.39 is 7.14 Å². The van der Waals surface area contributed by atoms with Crippen LogP contribution in [0.15, 0.2) is 455 Å². The summed E-state index contributed by atoms with van der Waals surface area (Å²) in [6, 6.07) is 157. The molecule has 22 aromatic rings. The standard InChI is InChI=1S/C61H42N4.C58H39N4OP/c1-61(2)53-24-13-12-21-49(53)50-35-33-47(38-54(50)61)40-27-31-45(32-28-40)60-64-58(43-19-10-5-11-20-43)63-59(65-60)44-29-25-39(26-30-44)46-34-36-55-52(37-46)56-48(41-15-6-3-7-16-41)22-14-23-51(56)57(62-55)42-17-8-4-9-18-42;63-64(47-23-12-4-13-24-47,48-25-14-5-15-26-48)49-36-33-45(34-37-49)58-61-56(43-21-10-3-11-22-43)60-57(62-58)44-31-29-40(30-32-44)46-35-38-53-52(39-46)54-50(41-17-6-1-7-18-41)27-16-28-51(54)55(59-53)42-19-8-2-9-20-42/h3-38H,1-2H3;1-39H. The first-order valence-corrected chi connectivity index (χ1v) is 45.2. The van der Waals surface area contributed by atoms with Gasteiger partial charge >= 0.3 is 0 Å². The summed E-state index contributed by atoms with van der Waals surface area (Å²) in [5.74, 6) is 3.57. The smallest absolute Gasteiger partial charge is 0.171 e. The van der Waals surface area contributed by atoms with E-state index in [4.69, 9.17) is 39.9 Å². The molecular formula is C119H81N8OP. The molecule has 608 valence electrons. The van der Waals surface area contributed by atoms with Crippen LogP contribution in [-0.4, -0.2) is 39.9 Å². The zero-order chi connectivity index (χ0) is 86.4. The first-order chi connectivity index (χ1) is 63.6. The molecule has 23 rings (SSSR count). The molecule has 9 nitrogen and oxygen atoms in total. The highest BCUT2D eigenvalue weighted by Gasteiger charge is 2.36. The summed E-state index contributed by atoms with van der Waals surface area (Å²) in [6.45, 7) is 4.65. The van der Waals surface area contributed by atoms with Crippen LogP contribution in [0.1, 0.15) is 25.0 Å². The van der Waals surface area contributed by atoms with Gasteiger partial charge in [0.05, 0.1) is 22.4 Å². The second kappa shape index (κ2) is 33.6. The number of pyridine rings is 2. The molecule has 1 aliphatic carbocycles. The lowest BCUT2D eigenvalue weighted by atomic mass is 9.81. The van der Waals surface area contributed by atoms with Crippen molar-refractivity contribution in [2.24, 2.45) is 0 Å². The van der Waals surface area contributed by atoms with Crippen LogP contribution in [0.5, 0.6) is 0 Å². The summed E-state index contributed by atoms with van der Waals surface area (Å²) >= 11 is 0. The molecule has 129 heavy (non-hydrogen) atoms. The quantitative estimate of drug-likeness (QED) is 0.0688. The molecule has 0 fully saturated rings. The molecule has 0 aliphatic heterocycles. The summed E-state index contributed by atoms with van der Waals surface area (Å²) in [6.07, 6.45) is 0. The van der Waals surface area contributed by atoms with E-state index in [1.165, 1.54) is 55.3 Å². The van der Waals surface area contributed by atoms with Crippen LogP contribution in [0.2, 0.25) is 0 Å². The van der Waals surface area contributed by atoms with Crippen LogP contribution in [0.4, 0.5) is 0 Å². The van der Waals surface area contributed by atoms with E-state index >= 15 is 4.57 Å². The van der Waals surface area contributed by atoms with Crippen molar-refractivity contribution in [3.05, 3.63) is 466 Å². The Morgan fingerprint density at radius 2 is 0.450 bits per heavy atom. The molecule has 0 bridgehead atoms. The monoisotopic (exact) mass is 1670 g/mol. The number of fused-ring (bicyclic) bond motifs is 9. The molecule has 0 unspecified atom stereocenters. The third kappa shape index (κ3) is 14.9. The average Bonchev–Trinajstić information content (AvgIpc) is 1.66. The van der Waals surface area contributed by atoms with Crippen molar-refractivity contribution >= 4 is 66.4 Å². The number of benzene rings is 18. The number of nitrogens with zero attached hydrogens (tertiary/aromatic N) is 8. The highest BCUT2D eigenvalue weighted by molar-refractivity contribution is 7.85. The summed E-state index contributed by atoms with van der Waals surface area (Å²) in [7, 11) is -3.15. The van der Waals surface area contributed by atoms with E-state index in [2.05, 4.69) is 317 Å². The van der Waals surface area contributed by atoms with Gasteiger partial charge in [-0.05, 0) is 108 Å². The molecule has 0 N–H and O–H groups in total. The fourth-order valence-electron chi connectivity index (χ4n) is 18.4. The van der Waals surface area contributed by atoms with E-state index in [9.17, 15) is 0 Å². The summed E-state index contributed by atoms with van der Waals surface area (Å²) in [4.78, 5) is 40.8. The van der Waals surface area contributed by atoms with E-state index in [1.807, 2.05) is 152 Å². The van der Waals surface area contributed by atoms with Gasteiger partial charge in [-0.2, -0.15) is 0 Å². The number of hydrogen-bond acceptors (Lipinski definition) is 9. The molecule has 4 aromatic heterocycles. The highest BCUT2D eigenvalue weighted by Crippen LogP contribution is 2.51. The van der Waals surface area contributed by atoms with Gasteiger partial charge in [-0.3, -0.25) is 0 Å². The molecule has 18 aromatic carbocycles. The van der Waals surface area contributed by atoms with Crippen LogP contribution in [0, 0.1) is 0 Å². The minimum absolute atomic E-state index is 0.0587. The van der Waals surface area contributed by atoms with Crippen molar-refractivity contribution < 1.29 is 4.57 Å². The Morgan fingerprint density at radius 1 is 0.186 bits per heavy atom. The largest absolute Gasteiger partial charge is 0.309 e. The van der Waals surface area contributed by atoms with Gasteiger partial charge in [0.25, 0.3) is 0 Å². The Labute approximate surface area is 748 Å². The minimum atomic E-state index is -3.15. The maximum atomic E-state index is 15.1. The minimum Gasteiger partial charge on any atom is -0.309 e. The lowest BCUT2D eigenvalue weighted by molar-refractivity contribution is 0.592. The van der Waals surface area contributed by atoms with Crippen molar-refractivity contribution in [2.45, 2.75) is 19.3 Å². The predicted octanol–water partition coefficient (Wildman–Crippen LogP) is 28.8. The number of hydrogen-bond donors (Lipinski definition) is 0. The molecule has 0 saturated carbocycles. The Bertz CT molecular complexity index is 7970. The third-order valence-corrected chi connectivity index (χ3v) is 28.1. The third-order valence-electron chi connectivity index (χ3n) is 25.0. The summed E-state index contributed by atoms with van der Waals surface area (Å²) < 4.78 is 15.1. The van der Waals surface area contributed by atoms with Crippen molar-refractivity contribution in [2.75, 3.05) is 0 Å². The molecule has 0 atom stereocenters. The van der Waals surface area contributed by atoms with Crippen LogP contribution < -0.4 is 15.9 Å². The zero-order valence-corrected chi connectivity index (χ0v) is 71.6. The van der Waals surface area contributed by atoms with Crippen molar-refractivity contribution in [1.29, 1.82) is 0 Å². The second-order valence-electron chi connectivity index (χ2n) is 33.1. The van der Waals surface area contributed by atoms with Gasteiger partial charge in [-0.15, -0.1) is 0 Å². The van der Waals surface area contributed by atoms with Crippen LogP contribution in [0.25, 0.3) is 201 Å². The Balaban J connectivity index is 0.000000152. The molecular weight excluding hydrogens is 1590 g/mol. The van der Waals surface area contributed by atoms with Gasteiger partial charge in [0, 0.05) is 98.2 Å².